The summed E-state index contributed by atoms with van der Waals surface area (Å²) < 4.78 is 93.4. The Labute approximate surface area is 222 Å². The predicted molar refractivity (Wildman–Crippen MR) is 141 cm³/mol. The number of ketones is 1. The third kappa shape index (κ3) is 4.24. The quantitative estimate of drug-likeness (QED) is 0.254. The van der Waals surface area contributed by atoms with E-state index >= 15 is 0 Å². The maximum atomic E-state index is 13.8. The summed E-state index contributed by atoms with van der Waals surface area (Å²) in [5.74, 6) is -0.594. The van der Waals surface area contributed by atoms with E-state index in [1.165, 1.54) is 31.3 Å². The van der Waals surface area contributed by atoms with Crippen LogP contribution in [0.3, 0.4) is 0 Å². The molecule has 1 heterocycles. The second-order valence-corrected chi connectivity index (χ2v) is 13.6. The molecule has 12 nitrogen and oxygen atoms in total. The number of hydrogen-bond acceptors (Lipinski definition) is 9. The van der Waals surface area contributed by atoms with Crippen LogP contribution in [0.4, 0.5) is 11.4 Å². The Morgan fingerprint density at radius 3 is 2.00 bits per heavy atom. The van der Waals surface area contributed by atoms with Crippen molar-refractivity contribution in [3.05, 3.63) is 76.1 Å². The number of fused-ring (bicyclic) bond motifs is 2. The second-order valence-electron chi connectivity index (χ2n) is 8.83. The Morgan fingerprint density at radius 2 is 1.41 bits per heavy atom. The number of sulfone groups is 1. The van der Waals surface area contributed by atoms with Crippen molar-refractivity contribution in [3.8, 4) is 11.1 Å². The van der Waals surface area contributed by atoms with Crippen LogP contribution in [0.25, 0.3) is 22.0 Å². The number of pyridine rings is 1. The van der Waals surface area contributed by atoms with E-state index in [0.29, 0.717) is 0 Å². The van der Waals surface area contributed by atoms with Crippen LogP contribution in [-0.4, -0.2) is 51.0 Å². The zero-order valence-corrected chi connectivity index (χ0v) is 22.5. The predicted octanol–water partition coefficient (Wildman–Crippen LogP) is 2.39. The standard InChI is InChI=1S/C24H18N2O10S3/c1-26-17-9-8-15(25-16-11-12(38(31,32)33)7-10-18(16)39(34,35)36)20-21(17)19(23(24(26)28)37(2,29)30)13-5-3-4-6-14(13)22(20)27/h3-11,25H,1-2H3,(H,31,32,33)(H,34,35,36). The molecule has 1 aliphatic carbocycles. The highest BCUT2D eigenvalue weighted by molar-refractivity contribution is 7.90. The van der Waals surface area contributed by atoms with Gasteiger partial charge in [0.1, 0.15) is 9.79 Å². The second kappa shape index (κ2) is 8.56. The molecule has 0 unspecified atom stereocenters. The van der Waals surface area contributed by atoms with Gasteiger partial charge in [-0.15, -0.1) is 0 Å². The average Bonchev–Trinajstić information content (AvgIpc) is 2.83. The SMILES string of the molecule is Cn1c(=O)c(S(C)(=O)=O)c2c3c(c(Nc4cc(S(=O)(=O)O)ccc4S(=O)(=O)O)ccc31)C(=O)c1ccccc1-2. The van der Waals surface area contributed by atoms with E-state index in [-0.39, 0.29) is 38.8 Å². The largest absolute Gasteiger partial charge is 0.354 e. The minimum atomic E-state index is -4.92. The molecule has 0 amide bonds. The van der Waals surface area contributed by atoms with E-state index in [1.807, 2.05) is 0 Å². The Hall–Kier alpha value is -3.89. The molecule has 3 aromatic carbocycles. The van der Waals surface area contributed by atoms with Crippen LogP contribution in [0.5, 0.6) is 0 Å². The molecule has 0 fully saturated rings. The van der Waals surface area contributed by atoms with Crippen LogP contribution in [0.2, 0.25) is 0 Å². The fourth-order valence-electron chi connectivity index (χ4n) is 4.72. The maximum absolute atomic E-state index is 13.8. The fourth-order valence-corrected chi connectivity index (χ4v) is 6.89. The summed E-state index contributed by atoms with van der Waals surface area (Å²) in [6, 6.07) is 11.1. The summed E-state index contributed by atoms with van der Waals surface area (Å²) in [6.07, 6.45) is 0.867. The zero-order chi connectivity index (χ0) is 28.7. The summed E-state index contributed by atoms with van der Waals surface area (Å²) in [5, 5.41) is 2.73. The van der Waals surface area contributed by atoms with Crippen LogP contribution in [0.1, 0.15) is 15.9 Å². The Balaban J connectivity index is 1.94. The number of benzene rings is 3. The summed E-state index contributed by atoms with van der Waals surface area (Å²) in [5.41, 5.74) is -1.05. The molecular formula is C24H18N2O10S3. The van der Waals surface area contributed by atoms with Crippen molar-refractivity contribution in [2.45, 2.75) is 14.7 Å². The van der Waals surface area contributed by atoms with Gasteiger partial charge in [-0.1, -0.05) is 24.3 Å². The lowest BCUT2D eigenvalue weighted by Gasteiger charge is -2.25. The number of nitrogens with one attached hydrogen (secondary N) is 1. The molecule has 1 aliphatic rings. The molecule has 15 heteroatoms. The van der Waals surface area contributed by atoms with Crippen molar-refractivity contribution in [3.63, 3.8) is 0 Å². The van der Waals surface area contributed by atoms with E-state index in [0.717, 1.165) is 29.0 Å². The van der Waals surface area contributed by atoms with E-state index < -0.39 is 61.8 Å². The first-order valence-corrected chi connectivity index (χ1v) is 15.7. The Bertz CT molecular complexity index is 2170. The van der Waals surface area contributed by atoms with Crippen LogP contribution >= 0.6 is 0 Å². The van der Waals surface area contributed by atoms with E-state index in [1.54, 1.807) is 12.1 Å². The lowest BCUT2D eigenvalue weighted by molar-refractivity contribution is 0.104. The highest BCUT2D eigenvalue weighted by Crippen LogP contribution is 2.45. The number of hydrogen-bond donors (Lipinski definition) is 3. The highest BCUT2D eigenvalue weighted by atomic mass is 32.2. The van der Waals surface area contributed by atoms with Crippen molar-refractivity contribution < 1.29 is 39.2 Å². The first-order valence-electron chi connectivity index (χ1n) is 10.9. The fraction of sp³-hybridized carbons (Fsp3) is 0.0833. The van der Waals surface area contributed by atoms with Gasteiger partial charge in [0.05, 0.1) is 27.4 Å². The molecule has 0 saturated carbocycles. The van der Waals surface area contributed by atoms with Crippen molar-refractivity contribution >= 4 is 58.1 Å². The smallest absolute Gasteiger partial charge is 0.296 e. The van der Waals surface area contributed by atoms with E-state index in [9.17, 15) is 43.9 Å². The van der Waals surface area contributed by atoms with Crippen LogP contribution in [0.15, 0.2) is 74.1 Å². The van der Waals surface area contributed by atoms with Gasteiger partial charge >= 0.3 is 0 Å². The summed E-state index contributed by atoms with van der Waals surface area (Å²) in [4.78, 5) is 25.0. The number of aryl methyl sites for hydroxylation is 1. The first-order chi connectivity index (χ1) is 18.0. The van der Waals surface area contributed by atoms with Gasteiger partial charge in [-0.2, -0.15) is 16.8 Å². The van der Waals surface area contributed by atoms with Gasteiger partial charge in [0.25, 0.3) is 25.8 Å². The molecular weight excluding hydrogens is 572 g/mol. The van der Waals surface area contributed by atoms with Crippen LogP contribution in [0, 0.1) is 0 Å². The van der Waals surface area contributed by atoms with Crippen LogP contribution in [-0.2, 0) is 37.1 Å². The topological polar surface area (TPSA) is 194 Å². The molecule has 0 spiro atoms. The van der Waals surface area contributed by atoms with Crippen LogP contribution < -0.4 is 10.9 Å². The molecule has 3 N–H and O–H groups in total. The number of aromatic nitrogens is 1. The summed E-state index contributed by atoms with van der Waals surface area (Å²) in [6.45, 7) is 0. The van der Waals surface area contributed by atoms with Crippen molar-refractivity contribution in [2.75, 3.05) is 11.6 Å². The third-order valence-electron chi connectivity index (χ3n) is 6.36. The van der Waals surface area contributed by atoms with Gasteiger partial charge < -0.3 is 9.88 Å². The monoisotopic (exact) mass is 590 g/mol. The average molecular weight is 591 g/mol. The van der Waals surface area contributed by atoms with Gasteiger partial charge in [-0.3, -0.25) is 18.7 Å². The molecule has 4 aromatic rings. The number of carbonyl (C=O) groups excluding carboxylic acids is 1. The van der Waals surface area contributed by atoms with Gasteiger partial charge in [0, 0.05) is 29.8 Å². The molecule has 1 aromatic heterocycles. The first kappa shape index (κ1) is 26.7. The zero-order valence-electron chi connectivity index (χ0n) is 20.0. The number of rotatable bonds is 5. The van der Waals surface area contributed by atoms with Gasteiger partial charge in [0.2, 0.25) is 0 Å². The molecule has 0 radical (unpaired) electrons. The lowest BCUT2D eigenvalue weighted by Crippen LogP contribution is -2.27. The molecule has 0 saturated heterocycles. The molecule has 5 rings (SSSR count). The third-order valence-corrected chi connectivity index (χ3v) is 9.24. The summed E-state index contributed by atoms with van der Waals surface area (Å²) in [7, 11) is -12.5. The van der Waals surface area contributed by atoms with Gasteiger partial charge in [-0.25, -0.2) is 8.42 Å². The number of carbonyl (C=O) groups is 1. The van der Waals surface area contributed by atoms with E-state index in [4.69, 9.17) is 0 Å². The molecule has 0 aliphatic heterocycles. The normalized spacial score (nSPS) is 13.4. The minimum Gasteiger partial charge on any atom is -0.354 e. The van der Waals surface area contributed by atoms with E-state index in [2.05, 4.69) is 5.32 Å². The summed E-state index contributed by atoms with van der Waals surface area (Å²) >= 11 is 0. The Morgan fingerprint density at radius 1 is 0.769 bits per heavy atom. The molecule has 0 atom stereocenters. The molecule has 202 valence electrons. The highest BCUT2D eigenvalue weighted by Gasteiger charge is 2.34. The van der Waals surface area contributed by atoms with Crippen molar-refractivity contribution in [2.24, 2.45) is 7.05 Å². The molecule has 39 heavy (non-hydrogen) atoms. The lowest BCUT2D eigenvalue weighted by atomic mass is 9.83. The maximum Gasteiger partial charge on any atom is 0.296 e. The number of anilines is 2. The van der Waals surface area contributed by atoms with Crippen molar-refractivity contribution in [1.29, 1.82) is 0 Å². The van der Waals surface area contributed by atoms with Crippen molar-refractivity contribution in [1.82, 2.24) is 4.57 Å². The van der Waals surface area contributed by atoms with Gasteiger partial charge in [0.15, 0.2) is 15.6 Å². The van der Waals surface area contributed by atoms with Gasteiger partial charge in [-0.05, 0) is 35.9 Å². The number of nitrogens with zero attached hydrogens (tertiary/aromatic N) is 1. The Kier molecular flexibility index (Phi) is 5.86. The molecule has 0 bridgehead atoms. The minimum absolute atomic E-state index is 0.00820.